The highest BCUT2D eigenvalue weighted by Gasteiger charge is 2.33. The molecule has 2 aromatic rings. The molecule has 1 N–H and O–H groups in total. The van der Waals surface area contributed by atoms with E-state index < -0.39 is 21.9 Å². The van der Waals surface area contributed by atoms with Crippen molar-refractivity contribution in [3.63, 3.8) is 0 Å². The average molecular weight is 346 g/mol. The molecular formula is C16H12NO6S-. The third-order valence-corrected chi connectivity index (χ3v) is 4.03. The Balaban J connectivity index is 0.000000174. The second kappa shape index (κ2) is 6.75. The number of nitrogens with zero attached hydrogens (tertiary/aromatic N) is 1. The SMILES string of the molecule is C=Cc1ccc(S(=O)(=O)[O-])cc1.O=C1c2ccccc2C(=O)N1O. The van der Waals surface area contributed by atoms with Crippen molar-refractivity contribution in [3.8, 4) is 0 Å². The number of fused-ring (bicyclic) bond motifs is 1. The normalized spacial score (nSPS) is 13.2. The Kier molecular flexibility index (Phi) is 4.93. The summed E-state index contributed by atoms with van der Waals surface area (Å²) in [5, 5.41) is 9.05. The molecule has 0 bridgehead atoms. The smallest absolute Gasteiger partial charge is 0.285 e. The highest BCUT2D eigenvalue weighted by molar-refractivity contribution is 7.85. The minimum absolute atomic E-state index is 0.130. The predicted molar refractivity (Wildman–Crippen MR) is 83.2 cm³/mol. The van der Waals surface area contributed by atoms with E-state index in [1.54, 1.807) is 18.2 Å². The Morgan fingerprint density at radius 1 is 0.958 bits per heavy atom. The summed E-state index contributed by atoms with van der Waals surface area (Å²) in [4.78, 5) is 21.9. The first kappa shape index (κ1) is 17.5. The van der Waals surface area contributed by atoms with Crippen molar-refractivity contribution in [1.82, 2.24) is 5.06 Å². The molecule has 0 saturated heterocycles. The Morgan fingerprint density at radius 3 is 1.79 bits per heavy atom. The molecular weight excluding hydrogens is 334 g/mol. The molecule has 2 amide bonds. The number of amides is 2. The van der Waals surface area contributed by atoms with Crippen molar-refractivity contribution < 1.29 is 27.8 Å². The number of carbonyl (C=O) groups is 2. The zero-order valence-electron chi connectivity index (χ0n) is 12.2. The summed E-state index contributed by atoms with van der Waals surface area (Å²) in [5.74, 6) is -1.31. The first-order valence-corrected chi connectivity index (χ1v) is 8.01. The predicted octanol–water partition coefficient (Wildman–Crippen LogP) is 1.91. The monoisotopic (exact) mass is 346 g/mol. The van der Waals surface area contributed by atoms with Crippen molar-refractivity contribution in [3.05, 3.63) is 71.8 Å². The summed E-state index contributed by atoms with van der Waals surface area (Å²) < 4.78 is 31.4. The van der Waals surface area contributed by atoms with E-state index in [-0.39, 0.29) is 21.1 Å². The lowest BCUT2D eigenvalue weighted by atomic mass is 10.1. The van der Waals surface area contributed by atoms with Gasteiger partial charge in [0.2, 0.25) is 0 Å². The van der Waals surface area contributed by atoms with Gasteiger partial charge in [-0.05, 0) is 29.8 Å². The molecule has 0 aliphatic carbocycles. The highest BCUT2D eigenvalue weighted by Crippen LogP contribution is 2.20. The molecule has 0 radical (unpaired) electrons. The van der Waals surface area contributed by atoms with Crippen LogP contribution in [0.4, 0.5) is 0 Å². The van der Waals surface area contributed by atoms with Gasteiger partial charge in [0.05, 0.1) is 16.0 Å². The van der Waals surface area contributed by atoms with Crippen LogP contribution in [0.2, 0.25) is 0 Å². The molecule has 1 heterocycles. The molecule has 1 aliphatic heterocycles. The van der Waals surface area contributed by atoms with Crippen LogP contribution in [0.15, 0.2) is 60.0 Å². The Morgan fingerprint density at radius 2 is 1.42 bits per heavy atom. The van der Waals surface area contributed by atoms with E-state index >= 15 is 0 Å². The third kappa shape index (κ3) is 3.57. The van der Waals surface area contributed by atoms with Crippen molar-refractivity contribution in [2.75, 3.05) is 0 Å². The molecule has 0 saturated carbocycles. The minimum Gasteiger partial charge on any atom is -0.744 e. The van der Waals surface area contributed by atoms with Gasteiger partial charge in [-0.1, -0.05) is 36.9 Å². The molecule has 124 valence electrons. The molecule has 1 aliphatic rings. The largest absolute Gasteiger partial charge is 0.744 e. The standard InChI is InChI=1S/C8H5NO3.C8H8O3S/c10-7-5-3-1-2-4-6(5)8(11)9(7)12;1-2-7-3-5-8(6-4-7)12(9,10)11/h1-4,12H;2-6H,1H2,(H,9,10,11)/p-1. The Hall–Kier alpha value is -2.81. The second-order valence-corrected chi connectivity index (χ2v) is 6.07. The van der Waals surface area contributed by atoms with Crippen molar-refractivity contribution >= 4 is 28.0 Å². The number of carbonyl (C=O) groups excluding carboxylic acids is 2. The molecule has 0 aromatic heterocycles. The van der Waals surface area contributed by atoms with E-state index in [1.165, 1.54) is 36.4 Å². The van der Waals surface area contributed by atoms with Crippen LogP contribution in [-0.4, -0.2) is 35.1 Å². The van der Waals surface area contributed by atoms with Crippen LogP contribution < -0.4 is 0 Å². The lowest BCUT2D eigenvalue weighted by Gasteiger charge is -2.05. The topological polar surface area (TPSA) is 115 Å². The van der Waals surface area contributed by atoms with Crippen LogP contribution in [0.1, 0.15) is 26.3 Å². The molecule has 24 heavy (non-hydrogen) atoms. The van der Waals surface area contributed by atoms with Gasteiger partial charge in [0, 0.05) is 0 Å². The molecule has 0 spiro atoms. The molecule has 3 rings (SSSR count). The van der Waals surface area contributed by atoms with Crippen LogP contribution >= 0.6 is 0 Å². The lowest BCUT2D eigenvalue weighted by Crippen LogP contribution is -2.25. The summed E-state index contributed by atoms with van der Waals surface area (Å²) in [5.41, 5.74) is 1.29. The maximum absolute atomic E-state index is 11.1. The van der Waals surface area contributed by atoms with Gasteiger partial charge in [-0.15, -0.1) is 5.06 Å². The number of rotatable bonds is 2. The van der Waals surface area contributed by atoms with E-state index in [2.05, 4.69) is 6.58 Å². The van der Waals surface area contributed by atoms with Gasteiger partial charge < -0.3 is 4.55 Å². The van der Waals surface area contributed by atoms with E-state index in [1.807, 2.05) is 0 Å². The van der Waals surface area contributed by atoms with Gasteiger partial charge in [-0.2, -0.15) is 0 Å². The van der Waals surface area contributed by atoms with Gasteiger partial charge in [0.25, 0.3) is 11.8 Å². The molecule has 0 unspecified atom stereocenters. The van der Waals surface area contributed by atoms with Gasteiger partial charge in [0.15, 0.2) is 0 Å². The fraction of sp³-hybridized carbons (Fsp3) is 0. The first-order valence-electron chi connectivity index (χ1n) is 6.61. The fourth-order valence-corrected chi connectivity index (χ4v) is 2.42. The number of hydrogen-bond donors (Lipinski definition) is 1. The van der Waals surface area contributed by atoms with Gasteiger partial charge in [-0.25, -0.2) is 8.42 Å². The zero-order valence-corrected chi connectivity index (χ0v) is 13.1. The van der Waals surface area contributed by atoms with E-state index in [0.29, 0.717) is 0 Å². The Bertz CT molecular complexity index is 867. The fourth-order valence-electron chi connectivity index (χ4n) is 1.95. The molecule has 8 heteroatoms. The molecule has 2 aromatic carbocycles. The summed E-state index contributed by atoms with van der Waals surface area (Å²) in [7, 11) is -4.31. The van der Waals surface area contributed by atoms with Crippen LogP contribution in [0.3, 0.4) is 0 Å². The maximum Gasteiger partial charge on any atom is 0.285 e. The summed E-state index contributed by atoms with van der Waals surface area (Å²) in [6.07, 6.45) is 1.57. The first-order chi connectivity index (χ1) is 11.3. The highest BCUT2D eigenvalue weighted by atomic mass is 32.2. The van der Waals surface area contributed by atoms with E-state index in [0.717, 1.165) is 5.56 Å². The number of benzene rings is 2. The van der Waals surface area contributed by atoms with Crippen molar-refractivity contribution in [1.29, 1.82) is 0 Å². The summed E-state index contributed by atoms with van der Waals surface area (Å²) in [6, 6.07) is 11.9. The van der Waals surface area contributed by atoms with Crippen LogP contribution in [0.25, 0.3) is 6.08 Å². The second-order valence-electron chi connectivity index (χ2n) is 4.69. The van der Waals surface area contributed by atoms with Crippen molar-refractivity contribution in [2.24, 2.45) is 0 Å². The van der Waals surface area contributed by atoms with E-state index in [4.69, 9.17) is 5.21 Å². The van der Waals surface area contributed by atoms with Gasteiger partial charge in [-0.3, -0.25) is 14.8 Å². The van der Waals surface area contributed by atoms with Crippen LogP contribution in [0.5, 0.6) is 0 Å². The minimum atomic E-state index is -4.31. The quantitative estimate of drug-likeness (QED) is 0.504. The lowest BCUT2D eigenvalue weighted by molar-refractivity contribution is -0.0327. The van der Waals surface area contributed by atoms with Crippen molar-refractivity contribution in [2.45, 2.75) is 4.90 Å². The van der Waals surface area contributed by atoms with Gasteiger partial charge in [0.1, 0.15) is 10.1 Å². The maximum atomic E-state index is 11.1. The Labute approximate surface area is 138 Å². The third-order valence-electron chi connectivity index (χ3n) is 3.18. The number of hydrogen-bond acceptors (Lipinski definition) is 6. The molecule has 0 fully saturated rings. The van der Waals surface area contributed by atoms with E-state index in [9.17, 15) is 22.6 Å². The van der Waals surface area contributed by atoms with Crippen LogP contribution in [0, 0.1) is 0 Å². The zero-order chi connectivity index (χ0) is 17.9. The van der Waals surface area contributed by atoms with Crippen LogP contribution in [-0.2, 0) is 10.1 Å². The number of imide groups is 1. The average Bonchev–Trinajstić information content (AvgIpc) is 2.80. The summed E-state index contributed by atoms with van der Waals surface area (Å²) in [6.45, 7) is 3.50. The molecule has 0 atom stereocenters. The molecule has 7 nitrogen and oxygen atoms in total. The summed E-state index contributed by atoms with van der Waals surface area (Å²) >= 11 is 0. The van der Waals surface area contributed by atoms with Gasteiger partial charge >= 0.3 is 0 Å². The number of hydroxylamine groups is 2.